The van der Waals surface area contributed by atoms with E-state index >= 15 is 0 Å². The van der Waals surface area contributed by atoms with Crippen LogP contribution in [0.3, 0.4) is 0 Å². The summed E-state index contributed by atoms with van der Waals surface area (Å²) >= 11 is 0. The summed E-state index contributed by atoms with van der Waals surface area (Å²) in [6.45, 7) is 10.8. The lowest BCUT2D eigenvalue weighted by Gasteiger charge is -2.19. The molecule has 3 heteroatoms. The van der Waals surface area contributed by atoms with E-state index < -0.39 is 0 Å². The van der Waals surface area contributed by atoms with Gasteiger partial charge in [0.2, 0.25) is 0 Å². The van der Waals surface area contributed by atoms with E-state index in [2.05, 4.69) is 32.9 Å². The summed E-state index contributed by atoms with van der Waals surface area (Å²) in [4.78, 5) is 11.8. The topological polar surface area (TPSA) is 35.5 Å². The van der Waals surface area contributed by atoms with E-state index in [1.54, 1.807) is 0 Å². The van der Waals surface area contributed by atoms with Crippen LogP contribution in [-0.4, -0.2) is 12.6 Å². The molecule has 0 aromatic heterocycles. The molecule has 0 radical (unpaired) electrons. The highest BCUT2D eigenvalue weighted by atomic mass is 16.6. The van der Waals surface area contributed by atoms with Crippen LogP contribution >= 0.6 is 0 Å². The standard InChI is InChI=1S/C21H26O3/c1-15-6-11-19(12-16(15)2)23-14-20(22)24-13-17-7-9-18(10-8-17)21(3,4)5/h6-12H,13-14H2,1-5H3. The minimum atomic E-state index is -0.367. The molecule has 0 amide bonds. The normalized spacial score (nSPS) is 11.2. The molecule has 0 fully saturated rings. The average Bonchev–Trinajstić information content (AvgIpc) is 2.53. The zero-order valence-corrected chi connectivity index (χ0v) is 15.2. The van der Waals surface area contributed by atoms with Crippen LogP contribution in [0.2, 0.25) is 0 Å². The fourth-order valence-corrected chi connectivity index (χ4v) is 2.25. The van der Waals surface area contributed by atoms with Gasteiger partial charge in [0, 0.05) is 0 Å². The van der Waals surface area contributed by atoms with Gasteiger partial charge in [-0.3, -0.25) is 0 Å². The maximum atomic E-state index is 11.8. The van der Waals surface area contributed by atoms with Crippen molar-refractivity contribution in [3.8, 4) is 5.75 Å². The van der Waals surface area contributed by atoms with Gasteiger partial charge in [0.25, 0.3) is 0 Å². The number of aryl methyl sites for hydroxylation is 2. The van der Waals surface area contributed by atoms with E-state index in [0.717, 1.165) is 11.1 Å². The predicted octanol–water partition coefficient (Wildman–Crippen LogP) is 4.72. The molecular weight excluding hydrogens is 300 g/mol. The van der Waals surface area contributed by atoms with Crippen LogP contribution in [0.15, 0.2) is 42.5 Å². The molecule has 2 aromatic carbocycles. The summed E-state index contributed by atoms with van der Waals surface area (Å²) in [5, 5.41) is 0. The zero-order valence-electron chi connectivity index (χ0n) is 15.2. The van der Waals surface area contributed by atoms with Crippen LogP contribution in [-0.2, 0) is 21.6 Å². The maximum absolute atomic E-state index is 11.8. The number of hydrogen-bond acceptors (Lipinski definition) is 3. The van der Waals surface area contributed by atoms with Crippen LogP contribution in [0.5, 0.6) is 5.75 Å². The van der Waals surface area contributed by atoms with Crippen LogP contribution in [0, 0.1) is 13.8 Å². The van der Waals surface area contributed by atoms with Gasteiger partial charge in [0.15, 0.2) is 6.61 Å². The van der Waals surface area contributed by atoms with Gasteiger partial charge >= 0.3 is 5.97 Å². The largest absolute Gasteiger partial charge is 0.482 e. The van der Waals surface area contributed by atoms with Crippen molar-refractivity contribution in [1.29, 1.82) is 0 Å². The molecule has 0 aliphatic heterocycles. The van der Waals surface area contributed by atoms with Gasteiger partial charge in [-0.15, -0.1) is 0 Å². The molecule has 0 saturated carbocycles. The molecule has 3 nitrogen and oxygen atoms in total. The van der Waals surface area contributed by atoms with Crippen LogP contribution in [0.1, 0.15) is 43.0 Å². The minimum absolute atomic E-state index is 0.0808. The summed E-state index contributed by atoms with van der Waals surface area (Å²) < 4.78 is 10.7. The van der Waals surface area contributed by atoms with Crippen molar-refractivity contribution in [2.24, 2.45) is 0 Å². The molecule has 128 valence electrons. The Labute approximate surface area is 144 Å². The van der Waals surface area contributed by atoms with Crippen molar-refractivity contribution in [2.75, 3.05) is 6.61 Å². The van der Waals surface area contributed by atoms with E-state index in [0.29, 0.717) is 5.75 Å². The quantitative estimate of drug-likeness (QED) is 0.746. The molecule has 0 spiro atoms. The second-order valence-corrected chi connectivity index (χ2v) is 7.14. The van der Waals surface area contributed by atoms with Gasteiger partial charge in [-0.2, -0.15) is 0 Å². The monoisotopic (exact) mass is 326 g/mol. The first-order valence-corrected chi connectivity index (χ1v) is 8.21. The van der Waals surface area contributed by atoms with E-state index in [1.165, 1.54) is 11.1 Å². The number of ether oxygens (including phenoxy) is 2. The first kappa shape index (κ1) is 18.1. The molecule has 24 heavy (non-hydrogen) atoms. The van der Waals surface area contributed by atoms with E-state index in [9.17, 15) is 4.79 Å². The Bertz CT molecular complexity index is 694. The molecule has 2 aromatic rings. The SMILES string of the molecule is Cc1ccc(OCC(=O)OCc2ccc(C(C)(C)C)cc2)cc1C. The third-order valence-corrected chi connectivity index (χ3v) is 4.05. The Morgan fingerprint density at radius 2 is 1.62 bits per heavy atom. The lowest BCUT2D eigenvalue weighted by Crippen LogP contribution is -2.15. The zero-order chi connectivity index (χ0) is 17.7. The van der Waals surface area contributed by atoms with E-state index in [4.69, 9.17) is 9.47 Å². The summed E-state index contributed by atoms with van der Waals surface area (Å²) in [7, 11) is 0. The molecule has 0 saturated heterocycles. The van der Waals surface area contributed by atoms with Gasteiger partial charge in [0.05, 0.1) is 0 Å². The van der Waals surface area contributed by atoms with E-state index in [-0.39, 0.29) is 24.6 Å². The van der Waals surface area contributed by atoms with Gasteiger partial charge in [-0.25, -0.2) is 4.79 Å². The van der Waals surface area contributed by atoms with Crippen molar-refractivity contribution in [1.82, 2.24) is 0 Å². The Kier molecular flexibility index (Phi) is 5.66. The fraction of sp³-hybridized carbons (Fsp3) is 0.381. The second kappa shape index (κ2) is 7.52. The first-order chi connectivity index (χ1) is 11.3. The molecule has 2 rings (SSSR count). The minimum Gasteiger partial charge on any atom is -0.482 e. The van der Waals surface area contributed by atoms with Crippen molar-refractivity contribution in [2.45, 2.75) is 46.6 Å². The molecular formula is C21H26O3. The summed E-state index contributed by atoms with van der Waals surface area (Å²) in [6.07, 6.45) is 0. The van der Waals surface area contributed by atoms with Crippen molar-refractivity contribution in [3.05, 3.63) is 64.7 Å². The summed E-state index contributed by atoms with van der Waals surface area (Å²) in [5.41, 5.74) is 4.69. The summed E-state index contributed by atoms with van der Waals surface area (Å²) in [6, 6.07) is 13.9. The number of esters is 1. The molecule has 0 N–H and O–H groups in total. The number of benzene rings is 2. The molecule has 0 heterocycles. The van der Waals surface area contributed by atoms with Crippen molar-refractivity contribution >= 4 is 5.97 Å². The third-order valence-electron chi connectivity index (χ3n) is 4.05. The molecule has 0 unspecified atom stereocenters. The summed E-state index contributed by atoms with van der Waals surface area (Å²) in [5.74, 6) is 0.317. The van der Waals surface area contributed by atoms with E-state index in [1.807, 2.05) is 44.2 Å². The molecule has 0 bridgehead atoms. The molecule has 0 aliphatic rings. The predicted molar refractivity (Wildman–Crippen MR) is 96.3 cm³/mol. The van der Waals surface area contributed by atoms with Gasteiger partial charge in [0.1, 0.15) is 12.4 Å². The number of hydrogen-bond donors (Lipinski definition) is 0. The maximum Gasteiger partial charge on any atom is 0.344 e. The molecule has 0 aliphatic carbocycles. The number of carbonyl (C=O) groups excluding carboxylic acids is 1. The Balaban J connectivity index is 1.81. The highest BCUT2D eigenvalue weighted by Gasteiger charge is 2.13. The lowest BCUT2D eigenvalue weighted by molar-refractivity contribution is -0.147. The van der Waals surface area contributed by atoms with Gasteiger partial charge in [-0.05, 0) is 53.6 Å². The second-order valence-electron chi connectivity index (χ2n) is 7.14. The Morgan fingerprint density at radius 1 is 0.958 bits per heavy atom. The van der Waals surface area contributed by atoms with Crippen LogP contribution in [0.25, 0.3) is 0 Å². The van der Waals surface area contributed by atoms with Crippen LogP contribution in [0.4, 0.5) is 0 Å². The molecule has 0 atom stereocenters. The van der Waals surface area contributed by atoms with Crippen LogP contribution < -0.4 is 4.74 Å². The van der Waals surface area contributed by atoms with Crippen molar-refractivity contribution < 1.29 is 14.3 Å². The number of rotatable bonds is 5. The fourth-order valence-electron chi connectivity index (χ4n) is 2.25. The van der Waals surface area contributed by atoms with Crippen molar-refractivity contribution in [3.63, 3.8) is 0 Å². The number of carbonyl (C=O) groups is 1. The Hall–Kier alpha value is -2.29. The first-order valence-electron chi connectivity index (χ1n) is 8.21. The average molecular weight is 326 g/mol. The Morgan fingerprint density at radius 3 is 2.21 bits per heavy atom. The van der Waals surface area contributed by atoms with Gasteiger partial charge < -0.3 is 9.47 Å². The highest BCUT2D eigenvalue weighted by Crippen LogP contribution is 2.22. The third kappa shape index (κ3) is 5.12. The highest BCUT2D eigenvalue weighted by molar-refractivity contribution is 5.71. The van der Waals surface area contributed by atoms with Gasteiger partial charge in [-0.1, -0.05) is 51.1 Å². The lowest BCUT2D eigenvalue weighted by atomic mass is 9.87. The smallest absolute Gasteiger partial charge is 0.344 e.